The van der Waals surface area contributed by atoms with Crippen molar-refractivity contribution in [2.75, 3.05) is 44.5 Å². The summed E-state index contributed by atoms with van der Waals surface area (Å²) < 4.78 is 16.1. The van der Waals surface area contributed by atoms with Crippen molar-refractivity contribution in [3.63, 3.8) is 0 Å². The third-order valence-corrected chi connectivity index (χ3v) is 5.52. The van der Waals surface area contributed by atoms with E-state index >= 15 is 0 Å². The molecule has 0 fully saturated rings. The van der Waals surface area contributed by atoms with Crippen LogP contribution in [-0.4, -0.2) is 66.3 Å². The van der Waals surface area contributed by atoms with Gasteiger partial charge in [-0.3, -0.25) is 9.79 Å². The van der Waals surface area contributed by atoms with E-state index in [1.165, 1.54) is 7.11 Å². The van der Waals surface area contributed by atoms with Gasteiger partial charge in [0.15, 0.2) is 0 Å². The minimum absolute atomic E-state index is 0.0120. The van der Waals surface area contributed by atoms with Crippen molar-refractivity contribution in [2.45, 2.75) is 19.8 Å². The van der Waals surface area contributed by atoms with Crippen molar-refractivity contribution in [3.8, 4) is 0 Å². The van der Waals surface area contributed by atoms with Crippen LogP contribution in [-0.2, 0) is 23.8 Å². The van der Waals surface area contributed by atoms with Crippen LogP contribution < -0.4 is 11.1 Å². The quantitative estimate of drug-likeness (QED) is 0.336. The Morgan fingerprint density at radius 2 is 2.06 bits per heavy atom. The van der Waals surface area contributed by atoms with Crippen molar-refractivity contribution >= 4 is 41.1 Å². The van der Waals surface area contributed by atoms with Gasteiger partial charge in [0.05, 0.1) is 38.2 Å². The molecular weight excluding hydrogens is 464 g/mol. The number of aromatic amines is 1. The predicted octanol–water partition coefficient (Wildman–Crippen LogP) is 2.33. The summed E-state index contributed by atoms with van der Waals surface area (Å²) in [4.78, 5) is 34.3. The molecule has 12 heteroatoms. The van der Waals surface area contributed by atoms with Crippen LogP contribution in [0.5, 0.6) is 0 Å². The van der Waals surface area contributed by atoms with E-state index < -0.39 is 23.8 Å². The number of nitrogens with zero attached hydrogens (tertiary/aromatic N) is 3. The number of aliphatic imine (C=N–C) groups is 1. The molecule has 0 spiro atoms. The maximum absolute atomic E-state index is 13.1. The normalized spacial score (nSPS) is 17.8. The standard InChI is InChI=1S/C22H27ClN6O5/c1-4-34-20(31)18-15(11-33-10-9-25-22-27-21(24)28-29-22)26-12(2)16(19(30)32-3)17(18)13-7-5-6-8-14(13)23/h5-8,16-17H,4,9-11H2,1-3H3,(H4,24,25,27,28,29). The van der Waals surface area contributed by atoms with Crippen molar-refractivity contribution in [3.05, 3.63) is 46.1 Å². The van der Waals surface area contributed by atoms with Crippen LogP contribution in [0.1, 0.15) is 25.3 Å². The molecule has 0 radical (unpaired) electrons. The van der Waals surface area contributed by atoms with Crippen LogP contribution in [0.4, 0.5) is 11.9 Å². The Balaban J connectivity index is 1.90. The second-order valence-corrected chi connectivity index (χ2v) is 7.76. The van der Waals surface area contributed by atoms with E-state index in [9.17, 15) is 9.59 Å². The van der Waals surface area contributed by atoms with Gasteiger partial charge in [0.1, 0.15) is 5.92 Å². The van der Waals surface area contributed by atoms with E-state index in [-0.39, 0.29) is 31.3 Å². The average Bonchev–Trinajstić information content (AvgIpc) is 3.23. The number of carbonyl (C=O) groups is 2. The van der Waals surface area contributed by atoms with Crippen LogP contribution >= 0.6 is 11.6 Å². The average molecular weight is 491 g/mol. The van der Waals surface area contributed by atoms with Gasteiger partial charge in [0, 0.05) is 23.2 Å². The van der Waals surface area contributed by atoms with Gasteiger partial charge in [-0.2, -0.15) is 4.98 Å². The minimum atomic E-state index is -0.842. The molecule has 2 aromatic rings. The number of methoxy groups -OCH3 is 1. The number of anilines is 2. The molecule has 0 bridgehead atoms. The Bertz CT molecular complexity index is 1100. The van der Waals surface area contributed by atoms with Crippen molar-refractivity contribution in [1.82, 2.24) is 15.2 Å². The molecule has 1 aromatic carbocycles. The molecule has 11 nitrogen and oxygen atoms in total. The van der Waals surface area contributed by atoms with Gasteiger partial charge in [-0.15, -0.1) is 5.10 Å². The van der Waals surface area contributed by atoms with Crippen LogP contribution in [0.15, 0.2) is 40.5 Å². The molecule has 0 saturated carbocycles. The summed E-state index contributed by atoms with van der Waals surface area (Å²) in [6.45, 7) is 4.23. The SMILES string of the molecule is CCOC(=O)C1=C(COCCNc2n[nH]c(N)n2)N=C(C)C(C(=O)OC)C1c1ccccc1Cl. The first kappa shape index (κ1) is 25.2. The van der Waals surface area contributed by atoms with Crippen LogP contribution in [0.2, 0.25) is 5.02 Å². The van der Waals surface area contributed by atoms with E-state index in [4.69, 9.17) is 31.5 Å². The molecule has 0 saturated heterocycles. The monoisotopic (exact) mass is 490 g/mol. The smallest absolute Gasteiger partial charge is 0.336 e. The highest BCUT2D eigenvalue weighted by atomic mass is 35.5. The fraction of sp³-hybridized carbons (Fsp3) is 0.409. The van der Waals surface area contributed by atoms with Crippen LogP contribution in [0, 0.1) is 5.92 Å². The summed E-state index contributed by atoms with van der Waals surface area (Å²) in [7, 11) is 1.29. The molecular formula is C22H27ClN6O5. The van der Waals surface area contributed by atoms with Gasteiger partial charge in [-0.05, 0) is 25.5 Å². The van der Waals surface area contributed by atoms with E-state index in [1.54, 1.807) is 38.1 Å². The molecule has 2 heterocycles. The van der Waals surface area contributed by atoms with Crippen molar-refractivity contribution < 1.29 is 23.8 Å². The summed E-state index contributed by atoms with van der Waals surface area (Å²) in [5.41, 5.74) is 7.15. The zero-order chi connectivity index (χ0) is 24.7. The summed E-state index contributed by atoms with van der Waals surface area (Å²) in [5.74, 6) is -2.16. The second kappa shape index (κ2) is 11.6. The first-order valence-corrected chi connectivity index (χ1v) is 11.0. The highest BCUT2D eigenvalue weighted by molar-refractivity contribution is 6.31. The third-order valence-electron chi connectivity index (χ3n) is 5.18. The molecule has 1 aliphatic heterocycles. The van der Waals surface area contributed by atoms with E-state index in [0.29, 0.717) is 34.5 Å². The largest absolute Gasteiger partial charge is 0.468 e. The van der Waals surface area contributed by atoms with Crippen molar-refractivity contribution in [2.24, 2.45) is 10.9 Å². The van der Waals surface area contributed by atoms with Gasteiger partial charge in [-0.1, -0.05) is 29.8 Å². The van der Waals surface area contributed by atoms with Gasteiger partial charge in [0.25, 0.3) is 0 Å². The zero-order valence-corrected chi connectivity index (χ0v) is 19.9. The Labute approximate surface area is 201 Å². The number of ether oxygens (including phenoxy) is 3. The number of carbonyl (C=O) groups excluding carboxylic acids is 2. The first-order valence-electron chi connectivity index (χ1n) is 10.6. The lowest BCUT2D eigenvalue weighted by molar-refractivity contribution is -0.144. The lowest BCUT2D eigenvalue weighted by Gasteiger charge is -2.32. The maximum Gasteiger partial charge on any atom is 0.336 e. The molecule has 1 aromatic heterocycles. The topological polar surface area (TPSA) is 154 Å². The van der Waals surface area contributed by atoms with Gasteiger partial charge in [-0.25, -0.2) is 9.89 Å². The Hall–Kier alpha value is -3.44. The van der Waals surface area contributed by atoms with Gasteiger partial charge < -0.3 is 25.3 Å². The number of benzene rings is 1. The summed E-state index contributed by atoms with van der Waals surface area (Å²) in [6, 6.07) is 7.03. The summed E-state index contributed by atoms with van der Waals surface area (Å²) >= 11 is 6.49. The molecule has 2 atom stereocenters. The Morgan fingerprint density at radius 1 is 1.29 bits per heavy atom. The molecule has 182 valence electrons. The summed E-state index contributed by atoms with van der Waals surface area (Å²) in [5, 5.41) is 9.77. The van der Waals surface area contributed by atoms with Crippen LogP contribution in [0.25, 0.3) is 0 Å². The number of hydrogen-bond acceptors (Lipinski definition) is 10. The lowest BCUT2D eigenvalue weighted by Crippen LogP contribution is -2.37. The molecule has 3 rings (SSSR count). The Morgan fingerprint density at radius 3 is 2.71 bits per heavy atom. The number of esters is 2. The van der Waals surface area contributed by atoms with Crippen molar-refractivity contribution in [1.29, 1.82) is 0 Å². The number of nitrogen functional groups attached to an aromatic ring is 1. The fourth-order valence-electron chi connectivity index (χ4n) is 3.75. The molecule has 0 aliphatic carbocycles. The number of nitrogens with two attached hydrogens (primary N) is 1. The molecule has 34 heavy (non-hydrogen) atoms. The molecule has 2 unspecified atom stereocenters. The number of aromatic nitrogens is 3. The van der Waals surface area contributed by atoms with Gasteiger partial charge in [0.2, 0.25) is 11.9 Å². The summed E-state index contributed by atoms with van der Waals surface area (Å²) in [6.07, 6.45) is 0. The minimum Gasteiger partial charge on any atom is -0.468 e. The predicted molar refractivity (Wildman–Crippen MR) is 127 cm³/mol. The third kappa shape index (κ3) is 5.72. The molecule has 4 N–H and O–H groups in total. The number of nitrogens with one attached hydrogen (secondary N) is 2. The maximum atomic E-state index is 13.1. The Kier molecular flexibility index (Phi) is 8.61. The highest BCUT2D eigenvalue weighted by Gasteiger charge is 2.43. The first-order chi connectivity index (χ1) is 16.4. The molecule has 1 aliphatic rings. The number of halogens is 1. The van der Waals surface area contributed by atoms with Gasteiger partial charge >= 0.3 is 11.9 Å². The number of hydrogen-bond donors (Lipinski definition) is 3. The number of H-pyrrole nitrogens is 1. The van der Waals surface area contributed by atoms with Crippen LogP contribution in [0.3, 0.4) is 0 Å². The fourth-order valence-corrected chi connectivity index (χ4v) is 4.00. The van der Waals surface area contributed by atoms with E-state index in [1.807, 2.05) is 0 Å². The van der Waals surface area contributed by atoms with E-state index in [2.05, 4.69) is 25.5 Å². The molecule has 0 amide bonds. The second-order valence-electron chi connectivity index (χ2n) is 7.36. The highest BCUT2D eigenvalue weighted by Crippen LogP contribution is 2.42. The van der Waals surface area contributed by atoms with E-state index in [0.717, 1.165) is 0 Å². The number of rotatable bonds is 10. The zero-order valence-electron chi connectivity index (χ0n) is 19.1. The lowest BCUT2D eigenvalue weighted by atomic mass is 9.75.